The molecule has 1 amide bonds. The molecule has 3 aromatic carbocycles. The number of halogens is 2. The van der Waals surface area contributed by atoms with E-state index in [1.54, 1.807) is 42.9 Å². The van der Waals surface area contributed by atoms with Gasteiger partial charge in [0.25, 0.3) is 21.5 Å². The minimum absolute atomic E-state index is 0.00640. The number of carbonyl (C=O) groups excluding carboxylic acids is 1. The zero-order valence-corrected chi connectivity index (χ0v) is 27.7. The van der Waals surface area contributed by atoms with Crippen molar-refractivity contribution in [3.05, 3.63) is 110 Å². The largest absolute Gasteiger partial charge is 0.343 e. The first-order valence-corrected chi connectivity index (χ1v) is 16.7. The van der Waals surface area contributed by atoms with Gasteiger partial charge in [-0.15, -0.1) is 0 Å². The van der Waals surface area contributed by atoms with Crippen molar-refractivity contribution in [1.29, 1.82) is 0 Å². The van der Waals surface area contributed by atoms with E-state index in [2.05, 4.69) is 55.1 Å². The first-order valence-electron chi connectivity index (χ1n) is 14.4. The van der Waals surface area contributed by atoms with Crippen LogP contribution in [0.2, 0.25) is 10.0 Å². The van der Waals surface area contributed by atoms with Crippen molar-refractivity contribution in [2.45, 2.75) is 69.2 Å². The molecule has 1 aliphatic carbocycles. The fraction of sp³-hybridized carbons (Fsp3) is 0.333. The van der Waals surface area contributed by atoms with Gasteiger partial charge in [0.05, 0.1) is 27.0 Å². The number of carbonyl (C=O) groups is 1. The minimum atomic E-state index is -4.44. The average Bonchev–Trinajstić information content (AvgIpc) is 3.53. The second-order valence-electron chi connectivity index (χ2n) is 12.4. The van der Waals surface area contributed by atoms with Crippen LogP contribution in [0.25, 0.3) is 5.69 Å². The van der Waals surface area contributed by atoms with Crippen molar-refractivity contribution >= 4 is 44.8 Å². The summed E-state index contributed by atoms with van der Waals surface area (Å²) in [5.74, 6) is -0.468. The Hall–Kier alpha value is -3.53. The number of anilines is 1. The fourth-order valence-electron chi connectivity index (χ4n) is 5.81. The van der Waals surface area contributed by atoms with Crippen LogP contribution in [0.3, 0.4) is 0 Å². The predicted octanol–water partition coefficient (Wildman–Crippen LogP) is 7.09. The van der Waals surface area contributed by atoms with Crippen LogP contribution in [0.1, 0.15) is 73.6 Å². The number of hydrogen-bond donors (Lipinski definition) is 2. The molecule has 0 saturated heterocycles. The van der Waals surface area contributed by atoms with Crippen LogP contribution < -0.4 is 15.6 Å². The molecule has 8 nitrogen and oxygen atoms in total. The quantitative estimate of drug-likeness (QED) is 0.222. The summed E-state index contributed by atoms with van der Waals surface area (Å²) in [5.41, 5.74) is 1.90. The molecular weight excluding hydrogens is 619 g/mol. The molecule has 1 aromatic heterocycles. The van der Waals surface area contributed by atoms with Crippen molar-refractivity contribution in [3.63, 3.8) is 0 Å². The summed E-state index contributed by atoms with van der Waals surface area (Å²) in [5, 5.41) is 2.85. The highest BCUT2D eigenvalue weighted by molar-refractivity contribution is 7.92. The van der Waals surface area contributed by atoms with Gasteiger partial charge in [0.2, 0.25) is 0 Å². The SMILES string of the molecule is Cc1c(NS(=O)(=O)c2cc(C(=O)NC3(c4ccc(C(C)(C)C)cc4)CCCC3)cc(Cl)c2Cl)c(=O)n(-c2ccccc2)n1C. The van der Waals surface area contributed by atoms with Crippen LogP contribution in [-0.4, -0.2) is 23.7 Å². The van der Waals surface area contributed by atoms with E-state index < -0.39 is 31.9 Å². The van der Waals surface area contributed by atoms with Crippen molar-refractivity contribution in [1.82, 2.24) is 14.7 Å². The van der Waals surface area contributed by atoms with E-state index in [1.807, 2.05) is 6.07 Å². The number of nitrogens with zero attached hydrogens (tertiary/aromatic N) is 2. The van der Waals surface area contributed by atoms with Gasteiger partial charge >= 0.3 is 0 Å². The molecule has 1 saturated carbocycles. The first kappa shape index (κ1) is 31.9. The first-order chi connectivity index (χ1) is 20.6. The lowest BCUT2D eigenvalue weighted by atomic mass is 9.83. The van der Waals surface area contributed by atoms with Crippen LogP contribution >= 0.6 is 23.2 Å². The number of rotatable bonds is 7. The maximum absolute atomic E-state index is 13.7. The molecule has 2 N–H and O–H groups in total. The fourth-order valence-corrected chi connectivity index (χ4v) is 7.74. The van der Waals surface area contributed by atoms with Gasteiger partial charge in [0.1, 0.15) is 10.6 Å². The molecule has 0 aliphatic heterocycles. The number of amides is 1. The molecular formula is C33H36Cl2N4O4S. The van der Waals surface area contributed by atoms with Gasteiger partial charge < -0.3 is 5.32 Å². The summed E-state index contributed by atoms with van der Waals surface area (Å²) in [4.78, 5) is 26.7. The van der Waals surface area contributed by atoms with E-state index in [0.717, 1.165) is 31.2 Å². The van der Waals surface area contributed by atoms with E-state index in [0.29, 0.717) is 11.4 Å². The Balaban J connectivity index is 1.48. The summed E-state index contributed by atoms with van der Waals surface area (Å²) in [7, 11) is -2.78. The molecule has 0 spiro atoms. The highest BCUT2D eigenvalue weighted by atomic mass is 35.5. The van der Waals surface area contributed by atoms with Crippen molar-refractivity contribution < 1.29 is 13.2 Å². The van der Waals surface area contributed by atoms with Gasteiger partial charge in [0, 0.05) is 12.6 Å². The van der Waals surface area contributed by atoms with Crippen LogP contribution in [-0.2, 0) is 28.0 Å². The third kappa shape index (κ3) is 5.93. The van der Waals surface area contributed by atoms with Gasteiger partial charge in [0.15, 0.2) is 0 Å². The van der Waals surface area contributed by atoms with Crippen LogP contribution in [0.15, 0.2) is 76.4 Å². The molecule has 5 rings (SSSR count). The van der Waals surface area contributed by atoms with Crippen LogP contribution in [0, 0.1) is 6.92 Å². The Labute approximate surface area is 268 Å². The van der Waals surface area contributed by atoms with E-state index >= 15 is 0 Å². The smallest absolute Gasteiger partial charge is 0.296 e. The average molecular weight is 656 g/mol. The van der Waals surface area contributed by atoms with Gasteiger partial charge in [-0.05, 0) is 60.6 Å². The molecule has 1 heterocycles. The Bertz CT molecular complexity index is 1890. The number of para-hydroxylation sites is 1. The molecule has 11 heteroatoms. The van der Waals surface area contributed by atoms with E-state index in [1.165, 1.54) is 22.4 Å². The molecule has 232 valence electrons. The van der Waals surface area contributed by atoms with Gasteiger partial charge in [-0.2, -0.15) is 0 Å². The van der Waals surface area contributed by atoms with Gasteiger partial charge in [-0.3, -0.25) is 19.0 Å². The monoisotopic (exact) mass is 654 g/mol. The van der Waals surface area contributed by atoms with Gasteiger partial charge in [-0.1, -0.05) is 99.3 Å². The Morgan fingerprint density at radius 2 is 1.57 bits per heavy atom. The highest BCUT2D eigenvalue weighted by Gasteiger charge is 2.38. The molecule has 1 aliphatic rings. The zero-order chi connectivity index (χ0) is 32.0. The summed E-state index contributed by atoms with van der Waals surface area (Å²) >= 11 is 12.8. The van der Waals surface area contributed by atoms with E-state index in [4.69, 9.17) is 23.2 Å². The van der Waals surface area contributed by atoms with E-state index in [9.17, 15) is 18.0 Å². The number of sulfonamides is 1. The zero-order valence-electron chi connectivity index (χ0n) is 25.4. The Morgan fingerprint density at radius 1 is 0.955 bits per heavy atom. The summed E-state index contributed by atoms with van der Waals surface area (Å²) in [6, 6.07) is 19.7. The normalized spacial score (nSPS) is 14.9. The standard InChI is InChI=1S/C33H36Cl2N4O4S/c1-21-29(31(41)39(38(21)5)25-11-7-6-8-12-25)37-44(42,43)27-20-22(19-26(34)28(27)35)30(40)36-33(17-9-10-18-33)24-15-13-23(14-16-24)32(2,3)4/h6-8,11-16,19-20,37H,9-10,17-18H2,1-5H3,(H,36,40). The molecule has 4 aromatic rings. The summed E-state index contributed by atoms with van der Waals surface area (Å²) < 4.78 is 32.7. The second-order valence-corrected chi connectivity index (χ2v) is 14.8. The minimum Gasteiger partial charge on any atom is -0.343 e. The van der Waals surface area contributed by atoms with Crippen molar-refractivity contribution in [2.24, 2.45) is 7.05 Å². The number of hydrogen-bond acceptors (Lipinski definition) is 4. The van der Waals surface area contributed by atoms with Crippen LogP contribution in [0.4, 0.5) is 5.69 Å². The summed E-state index contributed by atoms with van der Waals surface area (Å²) in [6.45, 7) is 8.08. The van der Waals surface area contributed by atoms with Crippen molar-refractivity contribution in [3.8, 4) is 5.69 Å². The number of aromatic nitrogens is 2. The number of benzene rings is 3. The maximum atomic E-state index is 13.7. The molecule has 0 unspecified atom stereocenters. The lowest BCUT2D eigenvalue weighted by Gasteiger charge is -2.32. The third-order valence-electron chi connectivity index (χ3n) is 8.45. The second kappa shape index (κ2) is 11.8. The van der Waals surface area contributed by atoms with E-state index in [-0.39, 0.29) is 26.7 Å². The predicted molar refractivity (Wildman–Crippen MR) is 176 cm³/mol. The lowest BCUT2D eigenvalue weighted by molar-refractivity contribution is 0.0898. The lowest BCUT2D eigenvalue weighted by Crippen LogP contribution is -2.44. The molecule has 44 heavy (non-hydrogen) atoms. The topological polar surface area (TPSA) is 102 Å². The maximum Gasteiger partial charge on any atom is 0.296 e. The molecule has 1 fully saturated rings. The number of nitrogens with one attached hydrogen (secondary N) is 2. The Kier molecular flexibility index (Phi) is 8.52. The Morgan fingerprint density at radius 3 is 2.16 bits per heavy atom. The highest BCUT2D eigenvalue weighted by Crippen LogP contribution is 2.40. The van der Waals surface area contributed by atoms with Crippen LogP contribution in [0.5, 0.6) is 0 Å². The molecule has 0 radical (unpaired) electrons. The third-order valence-corrected chi connectivity index (χ3v) is 10.7. The summed E-state index contributed by atoms with van der Waals surface area (Å²) in [6.07, 6.45) is 3.40. The van der Waals surface area contributed by atoms with Gasteiger partial charge in [-0.25, -0.2) is 13.1 Å². The molecule has 0 bridgehead atoms. The molecule has 0 atom stereocenters. The van der Waals surface area contributed by atoms with Crippen molar-refractivity contribution in [2.75, 3.05) is 4.72 Å².